The molecule has 1 saturated heterocycles. The van der Waals surface area contributed by atoms with Gasteiger partial charge >= 0.3 is 0 Å². The molecule has 28 heavy (non-hydrogen) atoms. The molecule has 156 valence electrons. The number of rotatable bonds is 3. The second-order valence-electron chi connectivity index (χ2n) is 8.53. The molecule has 0 bridgehead atoms. The Balaban J connectivity index is 2.17. The van der Waals surface area contributed by atoms with Crippen LogP contribution in [0.4, 0.5) is 0 Å². The van der Waals surface area contributed by atoms with Gasteiger partial charge in [-0.3, -0.25) is 0 Å². The first-order valence-corrected chi connectivity index (χ1v) is 9.46. The first-order chi connectivity index (χ1) is 12.7. The second kappa shape index (κ2) is 6.08. The van der Waals surface area contributed by atoms with Crippen LogP contribution < -0.4 is 4.74 Å². The average Bonchev–Trinajstić information content (AvgIpc) is 2.99. The van der Waals surface area contributed by atoms with Crippen molar-refractivity contribution < 1.29 is 29.9 Å². The standard InChI is InChI=1S/C20H28ClNO6/c1-11-7-8-12-14(15(11)21)13(9-22-12)27-20(6)19(5,26)18(4,25)17(3,24)16(2,10-23)28-20/h7-9,22-26H,10H2,1-6H3/t16?,17-,18+,19?,20+/m0/s1. The molecule has 0 radical (unpaired) electrons. The Morgan fingerprint density at radius 3 is 2.21 bits per heavy atom. The second-order valence-corrected chi connectivity index (χ2v) is 8.91. The number of aromatic amines is 1. The number of H-pyrrole nitrogens is 1. The lowest BCUT2D eigenvalue weighted by Gasteiger charge is -2.64. The molecule has 0 aliphatic carbocycles. The van der Waals surface area contributed by atoms with E-state index in [-0.39, 0.29) is 0 Å². The molecule has 1 aromatic heterocycles. The number of nitrogens with one attached hydrogen (secondary N) is 1. The molecule has 5 N–H and O–H groups in total. The predicted octanol–water partition coefficient (Wildman–Crippen LogP) is 2.26. The van der Waals surface area contributed by atoms with Crippen LogP contribution in [0.5, 0.6) is 5.75 Å². The van der Waals surface area contributed by atoms with Crippen molar-refractivity contribution in [3.05, 3.63) is 28.9 Å². The van der Waals surface area contributed by atoms with E-state index in [1.165, 1.54) is 34.6 Å². The maximum atomic E-state index is 11.3. The van der Waals surface area contributed by atoms with Gasteiger partial charge in [-0.25, -0.2) is 0 Å². The zero-order valence-electron chi connectivity index (χ0n) is 16.9. The summed E-state index contributed by atoms with van der Waals surface area (Å²) in [6.45, 7) is 8.07. The van der Waals surface area contributed by atoms with E-state index in [2.05, 4.69) is 4.98 Å². The number of aromatic nitrogens is 1. The molecule has 1 aliphatic heterocycles. The van der Waals surface area contributed by atoms with Crippen LogP contribution in [0.2, 0.25) is 5.02 Å². The van der Waals surface area contributed by atoms with Crippen LogP contribution in [0, 0.1) is 6.92 Å². The molecular formula is C20H28ClNO6. The fourth-order valence-electron chi connectivity index (χ4n) is 3.91. The molecule has 2 heterocycles. The number of benzene rings is 1. The highest BCUT2D eigenvalue weighted by Crippen LogP contribution is 2.54. The zero-order chi connectivity index (χ0) is 21.3. The van der Waals surface area contributed by atoms with Gasteiger partial charge in [0.2, 0.25) is 5.79 Å². The third kappa shape index (κ3) is 2.47. The molecule has 1 fully saturated rings. The molecule has 8 heteroatoms. The van der Waals surface area contributed by atoms with E-state index in [1.807, 2.05) is 19.1 Å². The summed E-state index contributed by atoms with van der Waals surface area (Å²) >= 11 is 6.46. The highest BCUT2D eigenvalue weighted by molar-refractivity contribution is 6.36. The first-order valence-electron chi connectivity index (χ1n) is 9.08. The van der Waals surface area contributed by atoms with Gasteiger partial charge in [-0.2, -0.15) is 0 Å². The Labute approximate surface area is 168 Å². The fourth-order valence-corrected chi connectivity index (χ4v) is 4.17. The third-order valence-electron chi connectivity index (χ3n) is 6.78. The van der Waals surface area contributed by atoms with Crippen molar-refractivity contribution in [2.45, 2.75) is 69.7 Å². The van der Waals surface area contributed by atoms with Crippen molar-refractivity contribution >= 4 is 22.5 Å². The molecule has 0 saturated carbocycles. The summed E-state index contributed by atoms with van der Waals surface area (Å²) in [5.74, 6) is -1.53. The number of fused-ring (bicyclic) bond motifs is 1. The van der Waals surface area contributed by atoms with Crippen molar-refractivity contribution in [1.29, 1.82) is 0 Å². The van der Waals surface area contributed by atoms with Crippen LogP contribution in [-0.4, -0.2) is 60.2 Å². The first kappa shape index (κ1) is 21.4. The molecule has 2 aromatic rings. The van der Waals surface area contributed by atoms with Crippen molar-refractivity contribution in [3.8, 4) is 5.75 Å². The van der Waals surface area contributed by atoms with E-state index in [0.717, 1.165) is 11.1 Å². The lowest BCUT2D eigenvalue weighted by molar-refractivity contribution is -0.441. The van der Waals surface area contributed by atoms with Gasteiger partial charge in [-0.05, 0) is 46.2 Å². The van der Waals surface area contributed by atoms with Gasteiger partial charge in [0.05, 0.1) is 22.5 Å². The van der Waals surface area contributed by atoms with Gasteiger partial charge in [0.1, 0.15) is 22.6 Å². The molecule has 5 atom stereocenters. The highest BCUT2D eigenvalue weighted by Gasteiger charge is 2.75. The Hall–Kier alpha value is -1.35. The van der Waals surface area contributed by atoms with Crippen LogP contribution in [0.25, 0.3) is 10.9 Å². The molecule has 3 rings (SSSR count). The quantitative estimate of drug-likeness (QED) is 0.527. The summed E-state index contributed by atoms with van der Waals surface area (Å²) in [7, 11) is 0. The monoisotopic (exact) mass is 413 g/mol. The minimum Gasteiger partial charge on any atom is -0.457 e. The number of aryl methyl sites for hydroxylation is 1. The van der Waals surface area contributed by atoms with Gasteiger partial charge in [-0.15, -0.1) is 0 Å². The van der Waals surface area contributed by atoms with E-state index in [1.54, 1.807) is 6.20 Å². The van der Waals surface area contributed by atoms with Crippen LogP contribution in [0.3, 0.4) is 0 Å². The number of hydrogen-bond acceptors (Lipinski definition) is 6. The zero-order valence-corrected chi connectivity index (χ0v) is 17.7. The van der Waals surface area contributed by atoms with E-state index in [4.69, 9.17) is 21.1 Å². The largest absolute Gasteiger partial charge is 0.457 e. The minimum absolute atomic E-state index is 0.309. The summed E-state index contributed by atoms with van der Waals surface area (Å²) in [6.07, 6.45) is 1.58. The van der Waals surface area contributed by atoms with E-state index >= 15 is 0 Å². The van der Waals surface area contributed by atoms with Crippen molar-refractivity contribution in [1.82, 2.24) is 4.98 Å². The molecule has 0 spiro atoms. The van der Waals surface area contributed by atoms with Crippen LogP contribution >= 0.6 is 11.6 Å². The Morgan fingerprint density at radius 2 is 1.64 bits per heavy atom. The lowest BCUT2D eigenvalue weighted by atomic mass is 9.61. The molecule has 7 nitrogen and oxygen atoms in total. The normalized spacial score (nSPS) is 41.4. The predicted molar refractivity (Wildman–Crippen MR) is 106 cm³/mol. The highest BCUT2D eigenvalue weighted by atomic mass is 35.5. The van der Waals surface area contributed by atoms with Crippen LogP contribution in [-0.2, 0) is 4.74 Å². The summed E-state index contributed by atoms with van der Waals surface area (Å²) in [4.78, 5) is 3.05. The maximum Gasteiger partial charge on any atom is 0.240 e. The Morgan fingerprint density at radius 1 is 1.04 bits per heavy atom. The van der Waals surface area contributed by atoms with E-state index in [9.17, 15) is 20.4 Å². The van der Waals surface area contributed by atoms with Gasteiger partial charge in [0.25, 0.3) is 0 Å². The van der Waals surface area contributed by atoms with Crippen molar-refractivity contribution in [2.75, 3.05) is 6.61 Å². The number of aliphatic hydroxyl groups excluding tert-OH is 1. The number of hydrogen-bond donors (Lipinski definition) is 5. The summed E-state index contributed by atoms with van der Waals surface area (Å²) < 4.78 is 12.1. The Bertz CT molecular complexity index is 921. The van der Waals surface area contributed by atoms with E-state index < -0.39 is 34.8 Å². The molecule has 1 aromatic carbocycles. The van der Waals surface area contributed by atoms with Gasteiger partial charge < -0.3 is 34.9 Å². The van der Waals surface area contributed by atoms with Gasteiger partial charge in [0.15, 0.2) is 5.60 Å². The lowest BCUT2D eigenvalue weighted by Crippen LogP contribution is -2.85. The Kier molecular flexibility index (Phi) is 4.63. The van der Waals surface area contributed by atoms with Crippen LogP contribution in [0.15, 0.2) is 18.3 Å². The summed E-state index contributed by atoms with van der Waals surface area (Å²) in [5, 5.41) is 44.5. The van der Waals surface area contributed by atoms with Gasteiger partial charge in [0, 0.05) is 13.1 Å². The molecule has 0 amide bonds. The van der Waals surface area contributed by atoms with E-state index in [0.29, 0.717) is 16.2 Å². The number of aliphatic hydroxyl groups is 4. The average molecular weight is 414 g/mol. The molecular weight excluding hydrogens is 386 g/mol. The number of halogens is 1. The maximum absolute atomic E-state index is 11.3. The van der Waals surface area contributed by atoms with Crippen molar-refractivity contribution in [2.24, 2.45) is 0 Å². The fraction of sp³-hybridized carbons (Fsp3) is 0.600. The molecule has 2 unspecified atom stereocenters. The SMILES string of the molecule is Cc1ccc2[nH]cc(O[C@]3(C)OC(C)(CO)[C@](C)(O)[C@@](C)(O)C3(C)O)c2c1Cl. The minimum atomic E-state index is -2.10. The van der Waals surface area contributed by atoms with Gasteiger partial charge in [-0.1, -0.05) is 17.7 Å². The topological polar surface area (TPSA) is 115 Å². The van der Waals surface area contributed by atoms with Crippen LogP contribution in [0.1, 0.15) is 40.2 Å². The smallest absolute Gasteiger partial charge is 0.240 e. The van der Waals surface area contributed by atoms with Crippen molar-refractivity contribution in [3.63, 3.8) is 0 Å². The molecule has 1 aliphatic rings. The summed E-state index contributed by atoms with van der Waals surface area (Å²) in [5.41, 5.74) is -6.22. The third-order valence-corrected chi connectivity index (χ3v) is 7.26. The number of ether oxygens (including phenoxy) is 2. The summed E-state index contributed by atoms with van der Waals surface area (Å²) in [6, 6.07) is 3.72.